The van der Waals surface area contributed by atoms with Gasteiger partial charge >= 0.3 is 5.97 Å². The minimum absolute atomic E-state index is 0.262. The number of ether oxygens (including phenoxy) is 1. The maximum Gasteiger partial charge on any atom is 0.319 e. The molecule has 98 valence electrons. The Balaban J connectivity index is 3.09. The fourth-order valence-corrected chi connectivity index (χ4v) is 1.63. The fraction of sp³-hybridized carbons (Fsp3) is 0.500. The van der Waals surface area contributed by atoms with Gasteiger partial charge in [-0.05, 0) is 38.8 Å². The molecule has 0 aliphatic carbocycles. The summed E-state index contributed by atoms with van der Waals surface area (Å²) in [6, 6.07) is 3.63. The van der Waals surface area contributed by atoms with Gasteiger partial charge in [-0.2, -0.15) is 0 Å². The Morgan fingerprint density at radius 3 is 2.56 bits per heavy atom. The zero-order valence-electron chi connectivity index (χ0n) is 11.3. The molecule has 0 fully saturated rings. The van der Waals surface area contributed by atoms with Gasteiger partial charge in [0.1, 0.15) is 11.1 Å². The van der Waals surface area contributed by atoms with Gasteiger partial charge in [-0.3, -0.25) is 14.6 Å². The first kappa shape index (κ1) is 14.4. The van der Waals surface area contributed by atoms with E-state index in [-0.39, 0.29) is 12.4 Å². The van der Waals surface area contributed by atoms with Crippen LogP contribution >= 0.6 is 0 Å². The molecule has 0 bridgehead atoms. The Bertz CT molecular complexity index is 452. The molecule has 1 aromatic rings. The zero-order valence-corrected chi connectivity index (χ0v) is 11.3. The number of aryl methyl sites for hydroxylation is 1. The Hall–Kier alpha value is -1.71. The first-order valence-electron chi connectivity index (χ1n) is 6.11. The van der Waals surface area contributed by atoms with Crippen molar-refractivity contribution in [1.82, 2.24) is 4.98 Å². The molecule has 1 heterocycles. The summed E-state index contributed by atoms with van der Waals surface area (Å²) in [6.07, 6.45) is 2.27. The van der Waals surface area contributed by atoms with Gasteiger partial charge in [0.25, 0.3) is 0 Å². The Morgan fingerprint density at radius 1 is 1.33 bits per heavy atom. The number of ketones is 1. The van der Waals surface area contributed by atoms with Gasteiger partial charge in [0.2, 0.25) is 0 Å². The minimum Gasteiger partial charge on any atom is -0.465 e. The van der Waals surface area contributed by atoms with Gasteiger partial charge in [0.15, 0.2) is 5.78 Å². The number of hydrogen-bond donors (Lipinski definition) is 0. The van der Waals surface area contributed by atoms with E-state index in [2.05, 4.69) is 4.98 Å². The molecule has 0 saturated carbocycles. The van der Waals surface area contributed by atoms with Crippen LogP contribution < -0.4 is 0 Å². The molecule has 0 radical (unpaired) electrons. The summed E-state index contributed by atoms with van der Waals surface area (Å²) in [5.74, 6) is -0.805. The number of carbonyl (C=O) groups is 2. The summed E-state index contributed by atoms with van der Waals surface area (Å²) in [7, 11) is 0. The topological polar surface area (TPSA) is 56.3 Å². The maximum absolute atomic E-state index is 12.4. The SMILES string of the molecule is CCOC(=O)C(C)(C)C(=O)c1ncccc1CC. The van der Waals surface area contributed by atoms with E-state index in [9.17, 15) is 9.59 Å². The highest BCUT2D eigenvalue weighted by Crippen LogP contribution is 2.24. The predicted octanol–water partition coefficient (Wildman–Crippen LogP) is 2.42. The number of aromatic nitrogens is 1. The second-order valence-electron chi connectivity index (χ2n) is 4.54. The maximum atomic E-state index is 12.4. The summed E-state index contributed by atoms with van der Waals surface area (Å²) < 4.78 is 4.94. The van der Waals surface area contributed by atoms with Gasteiger partial charge in [0.05, 0.1) is 6.61 Å². The van der Waals surface area contributed by atoms with Crippen LogP contribution in [0.2, 0.25) is 0 Å². The second-order valence-corrected chi connectivity index (χ2v) is 4.54. The van der Waals surface area contributed by atoms with Crippen molar-refractivity contribution in [3.63, 3.8) is 0 Å². The summed E-state index contributed by atoms with van der Waals surface area (Å²) in [4.78, 5) is 28.3. The quantitative estimate of drug-likeness (QED) is 0.457. The zero-order chi connectivity index (χ0) is 13.8. The lowest BCUT2D eigenvalue weighted by Crippen LogP contribution is -2.36. The highest BCUT2D eigenvalue weighted by Gasteiger charge is 2.39. The average molecular weight is 249 g/mol. The molecule has 4 heteroatoms. The van der Waals surface area contributed by atoms with E-state index < -0.39 is 11.4 Å². The van der Waals surface area contributed by atoms with Crippen LogP contribution in [0.3, 0.4) is 0 Å². The molecule has 0 aromatic carbocycles. The van der Waals surface area contributed by atoms with E-state index in [1.807, 2.05) is 13.0 Å². The van der Waals surface area contributed by atoms with Gasteiger partial charge in [-0.15, -0.1) is 0 Å². The highest BCUT2D eigenvalue weighted by atomic mass is 16.5. The second kappa shape index (κ2) is 5.76. The summed E-state index contributed by atoms with van der Waals surface area (Å²) >= 11 is 0. The van der Waals surface area contributed by atoms with Crippen molar-refractivity contribution in [2.45, 2.75) is 34.1 Å². The smallest absolute Gasteiger partial charge is 0.319 e. The van der Waals surface area contributed by atoms with Crippen LogP contribution in [-0.4, -0.2) is 23.3 Å². The molecule has 0 saturated heterocycles. The molecule has 0 amide bonds. The minimum atomic E-state index is -1.20. The van der Waals surface area contributed by atoms with Gasteiger partial charge < -0.3 is 4.74 Å². The monoisotopic (exact) mass is 249 g/mol. The average Bonchev–Trinajstić information content (AvgIpc) is 2.38. The first-order valence-corrected chi connectivity index (χ1v) is 6.11. The van der Waals surface area contributed by atoms with Crippen LogP contribution in [0.15, 0.2) is 18.3 Å². The molecule has 0 atom stereocenters. The molecular formula is C14H19NO3. The number of hydrogen-bond acceptors (Lipinski definition) is 4. The number of pyridine rings is 1. The third-order valence-corrected chi connectivity index (χ3v) is 2.84. The van der Waals surface area contributed by atoms with Crippen molar-refractivity contribution < 1.29 is 14.3 Å². The van der Waals surface area contributed by atoms with Crippen molar-refractivity contribution in [2.75, 3.05) is 6.61 Å². The summed E-state index contributed by atoms with van der Waals surface area (Å²) in [6.45, 7) is 7.07. The largest absolute Gasteiger partial charge is 0.465 e. The molecule has 0 spiro atoms. The van der Waals surface area contributed by atoms with Crippen LogP contribution in [0.25, 0.3) is 0 Å². The van der Waals surface area contributed by atoms with Crippen LogP contribution in [0.5, 0.6) is 0 Å². The van der Waals surface area contributed by atoms with Gasteiger partial charge in [0, 0.05) is 6.20 Å². The molecular weight excluding hydrogens is 230 g/mol. The van der Waals surface area contributed by atoms with Crippen molar-refractivity contribution in [1.29, 1.82) is 0 Å². The summed E-state index contributed by atoms with van der Waals surface area (Å²) in [5.41, 5.74) is 0.00630. The van der Waals surface area contributed by atoms with Gasteiger partial charge in [-0.25, -0.2) is 0 Å². The van der Waals surface area contributed by atoms with Crippen LogP contribution in [-0.2, 0) is 16.0 Å². The highest BCUT2D eigenvalue weighted by molar-refractivity contribution is 6.11. The fourth-order valence-electron chi connectivity index (χ4n) is 1.63. The first-order chi connectivity index (χ1) is 8.45. The molecule has 1 rings (SSSR count). The molecule has 0 unspecified atom stereocenters. The van der Waals surface area contributed by atoms with E-state index >= 15 is 0 Å². The molecule has 0 N–H and O–H groups in total. The van der Waals surface area contributed by atoms with Crippen molar-refractivity contribution in [2.24, 2.45) is 5.41 Å². The Kier molecular flexibility index (Phi) is 4.59. The van der Waals surface area contributed by atoms with Crippen molar-refractivity contribution in [3.8, 4) is 0 Å². The number of carbonyl (C=O) groups excluding carboxylic acids is 2. The standard InChI is InChI=1S/C14H19NO3/c1-5-10-8-7-9-15-11(10)12(16)14(3,4)13(17)18-6-2/h7-9H,5-6H2,1-4H3. The van der Waals surface area contributed by atoms with Crippen LogP contribution in [0.4, 0.5) is 0 Å². The molecule has 4 nitrogen and oxygen atoms in total. The van der Waals surface area contributed by atoms with Crippen LogP contribution in [0, 0.1) is 5.41 Å². The lowest BCUT2D eigenvalue weighted by molar-refractivity contribution is -0.150. The van der Waals surface area contributed by atoms with E-state index in [0.717, 1.165) is 5.56 Å². The normalized spacial score (nSPS) is 11.1. The van der Waals surface area contributed by atoms with E-state index in [1.54, 1.807) is 33.0 Å². The lowest BCUT2D eigenvalue weighted by Gasteiger charge is -2.21. The third kappa shape index (κ3) is 2.75. The van der Waals surface area contributed by atoms with E-state index in [0.29, 0.717) is 12.1 Å². The number of Topliss-reactive ketones (excluding diaryl/α,β-unsaturated/α-hetero) is 1. The Morgan fingerprint density at radius 2 is 2.00 bits per heavy atom. The number of rotatable bonds is 5. The molecule has 18 heavy (non-hydrogen) atoms. The van der Waals surface area contributed by atoms with Crippen molar-refractivity contribution >= 4 is 11.8 Å². The number of nitrogens with zero attached hydrogens (tertiary/aromatic N) is 1. The third-order valence-electron chi connectivity index (χ3n) is 2.84. The van der Waals surface area contributed by atoms with Crippen LogP contribution in [0.1, 0.15) is 43.7 Å². The van der Waals surface area contributed by atoms with E-state index in [1.165, 1.54) is 0 Å². The van der Waals surface area contributed by atoms with Gasteiger partial charge in [-0.1, -0.05) is 13.0 Å². The lowest BCUT2D eigenvalue weighted by atomic mass is 9.84. The molecule has 0 aliphatic rings. The predicted molar refractivity (Wildman–Crippen MR) is 68.4 cm³/mol. The Labute approximate surface area is 107 Å². The van der Waals surface area contributed by atoms with E-state index in [4.69, 9.17) is 4.74 Å². The molecule has 1 aromatic heterocycles. The molecule has 0 aliphatic heterocycles. The number of esters is 1. The van der Waals surface area contributed by atoms with Crippen molar-refractivity contribution in [3.05, 3.63) is 29.6 Å². The summed E-state index contributed by atoms with van der Waals surface area (Å²) in [5, 5.41) is 0.